The van der Waals surface area contributed by atoms with Crippen molar-refractivity contribution in [3.63, 3.8) is 0 Å². The number of rotatable bonds is 4. The Labute approximate surface area is 212 Å². The van der Waals surface area contributed by atoms with Gasteiger partial charge in [-0.1, -0.05) is 6.07 Å². The first-order chi connectivity index (χ1) is 17.5. The van der Waals surface area contributed by atoms with Gasteiger partial charge in [-0.15, -0.1) is 11.3 Å². The monoisotopic (exact) mass is 497 g/mol. The highest BCUT2D eigenvalue weighted by molar-refractivity contribution is 7.18. The van der Waals surface area contributed by atoms with Gasteiger partial charge in [-0.05, 0) is 58.6 Å². The highest BCUT2D eigenvalue weighted by Crippen LogP contribution is 2.40. The van der Waals surface area contributed by atoms with E-state index in [4.69, 9.17) is 29.7 Å². The van der Waals surface area contributed by atoms with E-state index >= 15 is 0 Å². The third-order valence-corrected chi connectivity index (χ3v) is 8.24. The smallest absolute Gasteiger partial charge is 0.182 e. The molecule has 2 fully saturated rings. The summed E-state index contributed by atoms with van der Waals surface area (Å²) in [4.78, 5) is 24.5. The fourth-order valence-corrected chi connectivity index (χ4v) is 5.83. The average molecular weight is 498 g/mol. The molecule has 7 rings (SSSR count). The van der Waals surface area contributed by atoms with Crippen LogP contribution in [0.3, 0.4) is 0 Å². The van der Waals surface area contributed by atoms with Gasteiger partial charge in [0, 0.05) is 29.8 Å². The third kappa shape index (κ3) is 3.87. The van der Waals surface area contributed by atoms with Crippen molar-refractivity contribution in [1.82, 2.24) is 34.7 Å². The Bertz CT molecular complexity index is 1620. The lowest BCUT2D eigenvalue weighted by atomic mass is 9.92. The van der Waals surface area contributed by atoms with Crippen LogP contribution in [0.4, 0.5) is 0 Å². The van der Waals surface area contributed by atoms with Crippen molar-refractivity contribution in [2.45, 2.75) is 64.5 Å². The third-order valence-electron chi connectivity index (χ3n) is 7.29. The Morgan fingerprint density at radius 1 is 0.972 bits per heavy atom. The van der Waals surface area contributed by atoms with Crippen molar-refractivity contribution in [3.8, 4) is 11.3 Å². The van der Waals surface area contributed by atoms with Crippen molar-refractivity contribution >= 4 is 32.7 Å². The molecule has 0 spiro atoms. The Hall–Kier alpha value is -3.30. The molecule has 1 aromatic carbocycles. The van der Waals surface area contributed by atoms with Gasteiger partial charge in [0.25, 0.3) is 0 Å². The van der Waals surface area contributed by atoms with E-state index in [1.165, 1.54) is 17.5 Å². The summed E-state index contributed by atoms with van der Waals surface area (Å²) in [6, 6.07) is 6.91. The molecule has 0 N–H and O–H groups in total. The van der Waals surface area contributed by atoms with Crippen LogP contribution in [0.1, 0.15) is 71.5 Å². The number of aryl methyl sites for hydroxylation is 3. The minimum absolute atomic E-state index is 0.000772. The zero-order valence-electron chi connectivity index (χ0n) is 20.6. The number of benzene rings is 1. The number of thiazole rings is 1. The van der Waals surface area contributed by atoms with E-state index in [2.05, 4.69) is 34.2 Å². The molecule has 1 saturated carbocycles. The highest BCUT2D eigenvalue weighted by atomic mass is 32.1. The lowest BCUT2D eigenvalue weighted by Crippen LogP contribution is -2.20. The van der Waals surface area contributed by atoms with Gasteiger partial charge in [0.2, 0.25) is 0 Å². The van der Waals surface area contributed by atoms with Gasteiger partial charge < -0.3 is 4.74 Å². The number of aromatic nitrogens is 7. The van der Waals surface area contributed by atoms with Gasteiger partial charge in [0.15, 0.2) is 5.65 Å². The Kier molecular flexibility index (Phi) is 5.11. The highest BCUT2D eigenvalue weighted by Gasteiger charge is 2.31. The van der Waals surface area contributed by atoms with Crippen LogP contribution in [-0.2, 0) is 4.74 Å². The van der Waals surface area contributed by atoms with Crippen LogP contribution in [0.15, 0.2) is 30.6 Å². The molecule has 1 aliphatic heterocycles. The average Bonchev–Trinajstić information content (AvgIpc) is 3.48. The summed E-state index contributed by atoms with van der Waals surface area (Å²) >= 11 is 1.70. The van der Waals surface area contributed by atoms with E-state index in [1.54, 1.807) is 11.3 Å². The minimum Gasteiger partial charge on any atom is -0.373 e. The Morgan fingerprint density at radius 2 is 1.83 bits per heavy atom. The van der Waals surface area contributed by atoms with Crippen LogP contribution in [0.2, 0.25) is 0 Å². The zero-order valence-corrected chi connectivity index (χ0v) is 21.4. The van der Waals surface area contributed by atoms with Crippen molar-refractivity contribution in [3.05, 3.63) is 58.4 Å². The molecule has 182 valence electrons. The zero-order chi connectivity index (χ0) is 24.4. The summed E-state index contributed by atoms with van der Waals surface area (Å²) in [5, 5.41) is 5.63. The number of ether oxygens (including phenoxy) is 1. The SMILES string of the molecule is Cc1nc2cc(-c3nc(C4CCOC(c5cnn(C6CC6)c5)C4)nc4nc(C)c(C)nc34)ccc2s1. The van der Waals surface area contributed by atoms with E-state index in [0.29, 0.717) is 18.3 Å². The van der Waals surface area contributed by atoms with Gasteiger partial charge in [-0.3, -0.25) is 4.68 Å². The second-order valence-electron chi connectivity index (χ2n) is 9.98. The lowest BCUT2D eigenvalue weighted by molar-refractivity contribution is 0.00396. The van der Waals surface area contributed by atoms with E-state index in [0.717, 1.165) is 62.9 Å². The van der Waals surface area contributed by atoms with E-state index < -0.39 is 0 Å². The van der Waals surface area contributed by atoms with Crippen LogP contribution in [-0.4, -0.2) is 41.3 Å². The van der Waals surface area contributed by atoms with Crippen molar-refractivity contribution in [2.75, 3.05) is 6.61 Å². The normalized spacial score (nSPS) is 20.4. The molecule has 8 nitrogen and oxygen atoms in total. The van der Waals surface area contributed by atoms with Crippen molar-refractivity contribution in [1.29, 1.82) is 0 Å². The number of hydrogen-bond donors (Lipinski definition) is 0. The number of hydrogen-bond acceptors (Lipinski definition) is 8. The van der Waals surface area contributed by atoms with Crippen molar-refractivity contribution < 1.29 is 4.74 Å². The molecule has 1 saturated heterocycles. The predicted molar refractivity (Wildman–Crippen MR) is 139 cm³/mol. The summed E-state index contributed by atoms with van der Waals surface area (Å²) in [6.07, 6.45) is 8.25. The summed E-state index contributed by atoms with van der Waals surface area (Å²) < 4.78 is 9.43. The van der Waals surface area contributed by atoms with E-state index in [9.17, 15) is 0 Å². The van der Waals surface area contributed by atoms with Crippen LogP contribution in [0.25, 0.3) is 32.6 Å². The Balaban J connectivity index is 1.30. The molecule has 36 heavy (non-hydrogen) atoms. The standard InChI is InChI=1S/C27H27N7OS/c1-14-15(2)30-27-25(29-14)24(17-4-7-23-21(10-17)31-16(3)36-23)32-26(33-27)18-8-9-35-22(11-18)19-12-28-34(13-19)20-5-6-20/h4,7,10,12-13,18,20,22H,5-6,8-9,11H2,1-3H3. The fraction of sp³-hybridized carbons (Fsp3) is 0.407. The quantitative estimate of drug-likeness (QED) is 0.310. The van der Waals surface area contributed by atoms with Gasteiger partial charge >= 0.3 is 0 Å². The lowest BCUT2D eigenvalue weighted by Gasteiger charge is -2.28. The van der Waals surface area contributed by atoms with E-state index in [1.807, 2.05) is 27.0 Å². The molecular formula is C27H27N7OS. The molecule has 9 heteroatoms. The first kappa shape index (κ1) is 21.9. The van der Waals surface area contributed by atoms with E-state index in [-0.39, 0.29) is 12.0 Å². The summed E-state index contributed by atoms with van der Waals surface area (Å²) in [6.45, 7) is 6.67. The van der Waals surface area contributed by atoms with Crippen LogP contribution in [0, 0.1) is 20.8 Å². The van der Waals surface area contributed by atoms with Crippen LogP contribution < -0.4 is 0 Å². The molecule has 2 aliphatic rings. The predicted octanol–water partition coefficient (Wildman–Crippen LogP) is 5.79. The number of fused-ring (bicyclic) bond motifs is 2. The summed E-state index contributed by atoms with van der Waals surface area (Å²) in [7, 11) is 0. The van der Waals surface area contributed by atoms with Gasteiger partial charge in [0.1, 0.15) is 17.0 Å². The molecular weight excluding hydrogens is 470 g/mol. The first-order valence-electron chi connectivity index (χ1n) is 12.6. The first-order valence-corrected chi connectivity index (χ1v) is 13.4. The minimum atomic E-state index is -0.000772. The van der Waals surface area contributed by atoms with Gasteiger partial charge in [0.05, 0.1) is 45.0 Å². The molecule has 5 heterocycles. The second kappa shape index (κ2) is 8.38. The van der Waals surface area contributed by atoms with Crippen LogP contribution >= 0.6 is 11.3 Å². The molecule has 0 bridgehead atoms. The molecule has 2 atom stereocenters. The topological polar surface area (TPSA) is 91.5 Å². The largest absolute Gasteiger partial charge is 0.373 e. The summed E-state index contributed by atoms with van der Waals surface area (Å²) in [5.41, 5.74) is 7.11. The Morgan fingerprint density at radius 3 is 2.69 bits per heavy atom. The maximum atomic E-state index is 6.17. The second-order valence-corrected chi connectivity index (χ2v) is 11.2. The van der Waals surface area contributed by atoms with Crippen molar-refractivity contribution in [2.24, 2.45) is 0 Å². The number of nitrogens with zero attached hydrogens (tertiary/aromatic N) is 7. The molecule has 4 aromatic heterocycles. The van der Waals surface area contributed by atoms with Gasteiger partial charge in [-0.25, -0.2) is 24.9 Å². The maximum absolute atomic E-state index is 6.17. The molecule has 2 unspecified atom stereocenters. The summed E-state index contributed by atoms with van der Waals surface area (Å²) in [5.74, 6) is 0.984. The molecule has 0 amide bonds. The van der Waals surface area contributed by atoms with Crippen LogP contribution in [0.5, 0.6) is 0 Å². The molecule has 1 aliphatic carbocycles. The van der Waals surface area contributed by atoms with Gasteiger partial charge in [-0.2, -0.15) is 5.10 Å². The fourth-order valence-electron chi connectivity index (χ4n) is 5.02. The molecule has 0 radical (unpaired) electrons. The molecule has 5 aromatic rings. The maximum Gasteiger partial charge on any atom is 0.182 e.